The molecule has 52 valence electrons. The number of hydrogen-bond acceptors (Lipinski definition) is 1. The van der Waals surface area contributed by atoms with Crippen molar-refractivity contribution in [3.63, 3.8) is 0 Å². The van der Waals surface area contributed by atoms with E-state index in [9.17, 15) is 4.79 Å². The number of allylic oxidation sites excluding steroid dienone is 1. The Balaban J connectivity index is 2.90. The van der Waals surface area contributed by atoms with Gasteiger partial charge in [-0.25, -0.2) is 0 Å². The number of carbonyl (C=O) groups excluding carboxylic acids is 1. The lowest BCUT2D eigenvalue weighted by Crippen LogP contribution is -2.10. The lowest BCUT2D eigenvalue weighted by molar-refractivity contribution is -0.109. The van der Waals surface area contributed by atoms with Gasteiger partial charge in [-0.3, -0.25) is 4.79 Å². The summed E-state index contributed by atoms with van der Waals surface area (Å²) in [5.41, 5.74) is 0. The van der Waals surface area contributed by atoms with Crippen LogP contribution in [0.3, 0.4) is 0 Å². The highest BCUT2D eigenvalue weighted by molar-refractivity contribution is 5.45. The van der Waals surface area contributed by atoms with Crippen LogP contribution in [0.2, 0.25) is 0 Å². The highest BCUT2D eigenvalue weighted by Gasteiger charge is 1.75. The first kappa shape index (κ1) is 8.21. The summed E-state index contributed by atoms with van der Waals surface area (Å²) in [5.74, 6) is 0. The molecule has 1 amide bonds. The van der Waals surface area contributed by atoms with Crippen LogP contribution in [-0.4, -0.2) is 13.0 Å². The number of rotatable bonds is 5. The fraction of sp³-hybridized carbons (Fsp3) is 0.571. The first-order valence-corrected chi connectivity index (χ1v) is 3.23. The lowest BCUT2D eigenvalue weighted by atomic mass is 10.3. The van der Waals surface area contributed by atoms with E-state index in [1.165, 1.54) is 0 Å². The van der Waals surface area contributed by atoms with E-state index in [-0.39, 0.29) is 0 Å². The Labute approximate surface area is 56.0 Å². The molecule has 0 unspecified atom stereocenters. The van der Waals surface area contributed by atoms with Crippen LogP contribution in [0, 0.1) is 0 Å². The van der Waals surface area contributed by atoms with E-state index in [1.54, 1.807) is 0 Å². The SMILES string of the molecule is CC/C=C\CCNC=O. The molecule has 0 heterocycles. The minimum atomic E-state index is 0.722. The molecule has 0 aliphatic carbocycles. The van der Waals surface area contributed by atoms with Crippen LogP contribution < -0.4 is 5.32 Å². The molecule has 0 atom stereocenters. The molecule has 0 aromatic heterocycles. The van der Waals surface area contributed by atoms with Crippen LogP contribution in [0.1, 0.15) is 19.8 Å². The van der Waals surface area contributed by atoms with E-state index in [1.807, 2.05) is 0 Å². The monoisotopic (exact) mass is 127 g/mol. The van der Waals surface area contributed by atoms with Crippen LogP contribution in [0.15, 0.2) is 12.2 Å². The second-order valence-corrected chi connectivity index (χ2v) is 1.74. The second kappa shape index (κ2) is 7.21. The zero-order valence-electron chi connectivity index (χ0n) is 5.76. The normalized spacial score (nSPS) is 9.89. The van der Waals surface area contributed by atoms with E-state index in [2.05, 4.69) is 24.4 Å². The molecule has 0 rings (SSSR count). The summed E-state index contributed by atoms with van der Waals surface area (Å²) in [7, 11) is 0. The molecule has 0 bridgehead atoms. The Morgan fingerprint density at radius 1 is 1.44 bits per heavy atom. The van der Waals surface area contributed by atoms with Gasteiger partial charge in [0.25, 0.3) is 0 Å². The largest absolute Gasteiger partial charge is 0.358 e. The maximum atomic E-state index is 9.70. The molecule has 0 spiro atoms. The lowest BCUT2D eigenvalue weighted by Gasteiger charge is -1.89. The van der Waals surface area contributed by atoms with Crippen LogP contribution >= 0.6 is 0 Å². The summed E-state index contributed by atoms with van der Waals surface area (Å²) in [6.45, 7) is 2.84. The van der Waals surface area contributed by atoms with Crippen molar-refractivity contribution in [3.05, 3.63) is 12.2 Å². The Kier molecular flexibility index (Phi) is 6.58. The van der Waals surface area contributed by atoms with Gasteiger partial charge in [-0.2, -0.15) is 0 Å². The first-order chi connectivity index (χ1) is 4.41. The summed E-state index contributed by atoms with van der Waals surface area (Å²) < 4.78 is 0. The van der Waals surface area contributed by atoms with E-state index >= 15 is 0 Å². The van der Waals surface area contributed by atoms with E-state index < -0.39 is 0 Å². The molecular weight excluding hydrogens is 114 g/mol. The van der Waals surface area contributed by atoms with Gasteiger partial charge >= 0.3 is 0 Å². The van der Waals surface area contributed by atoms with E-state index in [0.29, 0.717) is 0 Å². The zero-order chi connectivity index (χ0) is 6.95. The van der Waals surface area contributed by atoms with Gasteiger partial charge in [0.1, 0.15) is 0 Å². The molecule has 9 heavy (non-hydrogen) atoms. The predicted octanol–water partition coefficient (Wildman–Crippen LogP) is 1.09. The summed E-state index contributed by atoms with van der Waals surface area (Å²) in [6.07, 6.45) is 6.89. The van der Waals surface area contributed by atoms with Gasteiger partial charge in [-0.15, -0.1) is 0 Å². The summed E-state index contributed by atoms with van der Waals surface area (Å²) in [5, 5.41) is 2.58. The van der Waals surface area contributed by atoms with Crippen molar-refractivity contribution >= 4 is 6.41 Å². The van der Waals surface area contributed by atoms with Gasteiger partial charge in [-0.05, 0) is 12.8 Å². The average Bonchev–Trinajstić information content (AvgIpc) is 1.89. The van der Waals surface area contributed by atoms with Crippen LogP contribution in [0.25, 0.3) is 0 Å². The molecule has 0 radical (unpaired) electrons. The highest BCUT2D eigenvalue weighted by Crippen LogP contribution is 1.82. The standard InChI is InChI=1S/C7H13NO/c1-2-3-4-5-6-8-7-9/h3-4,7H,2,5-6H2,1H3,(H,8,9)/b4-3-. The van der Waals surface area contributed by atoms with Gasteiger partial charge in [-0.1, -0.05) is 19.1 Å². The minimum Gasteiger partial charge on any atom is -0.358 e. The van der Waals surface area contributed by atoms with Crippen molar-refractivity contribution < 1.29 is 4.79 Å². The van der Waals surface area contributed by atoms with Gasteiger partial charge in [0.15, 0.2) is 0 Å². The molecule has 0 aromatic rings. The molecule has 2 heteroatoms. The van der Waals surface area contributed by atoms with Crippen LogP contribution in [0.5, 0.6) is 0 Å². The second-order valence-electron chi connectivity index (χ2n) is 1.74. The third-order valence-electron chi connectivity index (χ3n) is 0.941. The summed E-state index contributed by atoms with van der Waals surface area (Å²) in [4.78, 5) is 9.70. The predicted molar refractivity (Wildman–Crippen MR) is 38.1 cm³/mol. The van der Waals surface area contributed by atoms with Crippen molar-refractivity contribution in [2.75, 3.05) is 6.54 Å². The molecule has 0 saturated heterocycles. The number of amides is 1. The van der Waals surface area contributed by atoms with Gasteiger partial charge in [0.2, 0.25) is 6.41 Å². The van der Waals surface area contributed by atoms with Crippen LogP contribution in [0.4, 0.5) is 0 Å². The quantitative estimate of drug-likeness (QED) is 0.334. The van der Waals surface area contributed by atoms with E-state index in [4.69, 9.17) is 0 Å². The first-order valence-electron chi connectivity index (χ1n) is 3.23. The topological polar surface area (TPSA) is 29.1 Å². The molecular formula is C7H13NO. The maximum Gasteiger partial charge on any atom is 0.207 e. The van der Waals surface area contributed by atoms with E-state index in [0.717, 1.165) is 25.8 Å². The van der Waals surface area contributed by atoms with Crippen molar-refractivity contribution in [2.24, 2.45) is 0 Å². The Bertz CT molecular complexity index is 88.9. The summed E-state index contributed by atoms with van der Waals surface area (Å²) >= 11 is 0. The van der Waals surface area contributed by atoms with Crippen LogP contribution in [-0.2, 0) is 4.79 Å². The minimum absolute atomic E-state index is 0.722. The summed E-state index contributed by atoms with van der Waals surface area (Å²) in [6, 6.07) is 0. The maximum absolute atomic E-state index is 9.70. The zero-order valence-corrected chi connectivity index (χ0v) is 5.76. The third-order valence-corrected chi connectivity index (χ3v) is 0.941. The Morgan fingerprint density at radius 3 is 2.78 bits per heavy atom. The molecule has 0 aliphatic rings. The average molecular weight is 127 g/mol. The molecule has 0 aromatic carbocycles. The van der Waals surface area contributed by atoms with Gasteiger partial charge < -0.3 is 5.32 Å². The molecule has 0 saturated carbocycles. The number of nitrogens with one attached hydrogen (secondary N) is 1. The third kappa shape index (κ3) is 7.21. The van der Waals surface area contributed by atoms with Crippen molar-refractivity contribution in [1.82, 2.24) is 5.32 Å². The fourth-order valence-corrected chi connectivity index (χ4v) is 0.510. The Morgan fingerprint density at radius 2 is 2.22 bits per heavy atom. The molecule has 2 nitrogen and oxygen atoms in total. The molecule has 0 fully saturated rings. The Hall–Kier alpha value is -0.790. The highest BCUT2D eigenvalue weighted by atomic mass is 16.1. The number of hydrogen-bond donors (Lipinski definition) is 1. The van der Waals surface area contributed by atoms with Gasteiger partial charge in [0.05, 0.1) is 0 Å². The fourth-order valence-electron chi connectivity index (χ4n) is 0.510. The van der Waals surface area contributed by atoms with Crippen molar-refractivity contribution in [3.8, 4) is 0 Å². The smallest absolute Gasteiger partial charge is 0.207 e. The molecule has 1 N–H and O–H groups in total. The number of carbonyl (C=O) groups is 1. The van der Waals surface area contributed by atoms with Crippen molar-refractivity contribution in [2.45, 2.75) is 19.8 Å². The molecule has 0 aliphatic heterocycles. The van der Waals surface area contributed by atoms with Gasteiger partial charge in [0, 0.05) is 6.54 Å². The van der Waals surface area contributed by atoms with Crippen molar-refractivity contribution in [1.29, 1.82) is 0 Å².